The number of carbonyl (C=O) groups is 1. The molecule has 0 saturated heterocycles. The molecule has 0 radical (unpaired) electrons. The van der Waals surface area contributed by atoms with Gasteiger partial charge < -0.3 is 10.1 Å². The van der Waals surface area contributed by atoms with Gasteiger partial charge in [0, 0.05) is 6.20 Å². The molecule has 0 aromatic heterocycles. The number of hydrogen-bond donors (Lipinski definition) is 2. The molecule has 15 heavy (non-hydrogen) atoms. The van der Waals surface area contributed by atoms with Gasteiger partial charge in [0.25, 0.3) is 0 Å². The summed E-state index contributed by atoms with van der Waals surface area (Å²) in [7, 11) is 1.30. The van der Waals surface area contributed by atoms with Crippen molar-refractivity contribution in [2.45, 2.75) is 19.4 Å². The Morgan fingerprint density at radius 2 is 2.20 bits per heavy atom. The van der Waals surface area contributed by atoms with Crippen LogP contribution < -0.4 is 5.32 Å². The van der Waals surface area contributed by atoms with Gasteiger partial charge in [-0.15, -0.1) is 0 Å². The molecular weight excluding hydrogens is 309 g/mol. The highest BCUT2D eigenvalue weighted by Crippen LogP contribution is 2.09. The number of halogens is 1. The van der Waals surface area contributed by atoms with Crippen LogP contribution in [0.3, 0.4) is 0 Å². The van der Waals surface area contributed by atoms with Crippen LogP contribution in [0.25, 0.3) is 0 Å². The fraction of sp³-hybridized carbons (Fsp3) is 0.444. The highest BCUT2D eigenvalue weighted by molar-refractivity contribution is 14.1. The zero-order chi connectivity index (χ0) is 12.1. The zero-order valence-electron chi connectivity index (χ0n) is 8.72. The number of ether oxygens (including phenoxy) is 1. The maximum Gasteiger partial charge on any atom is 0.330 e. The largest absolute Gasteiger partial charge is 0.467 e. The molecule has 5 nitrogen and oxygen atoms in total. The van der Waals surface area contributed by atoms with Crippen molar-refractivity contribution in [2.24, 2.45) is 0 Å². The fourth-order valence-corrected chi connectivity index (χ4v) is 0.960. The molecule has 0 atom stereocenters. The molecule has 0 unspecified atom stereocenters. The van der Waals surface area contributed by atoms with Gasteiger partial charge in [0.05, 0.1) is 10.7 Å². The second-order valence-electron chi connectivity index (χ2n) is 3.24. The molecular formula is C9H12IN3O2. The number of methoxy groups -OCH3 is 1. The highest BCUT2D eigenvalue weighted by atomic mass is 127. The normalized spacial score (nSPS) is 11.5. The Labute approximate surface area is 102 Å². The van der Waals surface area contributed by atoms with Gasteiger partial charge in [-0.05, 0) is 36.4 Å². The first-order chi connectivity index (χ1) is 6.85. The van der Waals surface area contributed by atoms with Crippen molar-refractivity contribution in [3.63, 3.8) is 0 Å². The standard InChI is InChI=1S/C9H12IN3O2/c1-9(2,8(14)15-3)13-5-6(10)7(12)4-11/h5,12-13H,1-3H3/b6-5+,12-7?. The van der Waals surface area contributed by atoms with Crippen LogP contribution in [0.4, 0.5) is 0 Å². The molecule has 82 valence electrons. The van der Waals surface area contributed by atoms with Gasteiger partial charge in [-0.2, -0.15) is 5.26 Å². The molecule has 0 amide bonds. The number of nitrogens with one attached hydrogen (secondary N) is 2. The smallest absolute Gasteiger partial charge is 0.330 e. The number of hydrogen-bond acceptors (Lipinski definition) is 5. The van der Waals surface area contributed by atoms with Gasteiger partial charge in [0.2, 0.25) is 0 Å². The summed E-state index contributed by atoms with van der Waals surface area (Å²) in [6.07, 6.45) is 1.45. The number of rotatable bonds is 4. The van der Waals surface area contributed by atoms with Crippen molar-refractivity contribution >= 4 is 34.3 Å². The predicted octanol–water partition coefficient (Wildman–Crippen LogP) is 1.35. The third-order valence-corrected chi connectivity index (χ3v) is 2.46. The third kappa shape index (κ3) is 4.29. The van der Waals surface area contributed by atoms with Crippen molar-refractivity contribution in [2.75, 3.05) is 7.11 Å². The summed E-state index contributed by atoms with van der Waals surface area (Å²) in [5, 5.41) is 18.4. The van der Waals surface area contributed by atoms with E-state index in [0.717, 1.165) is 0 Å². The first-order valence-electron chi connectivity index (χ1n) is 4.06. The summed E-state index contributed by atoms with van der Waals surface area (Å²) < 4.78 is 5.02. The molecule has 0 aromatic rings. The Balaban J connectivity index is 4.57. The molecule has 0 bridgehead atoms. The van der Waals surface area contributed by atoms with E-state index in [-0.39, 0.29) is 5.71 Å². The maximum atomic E-state index is 11.3. The summed E-state index contributed by atoms with van der Waals surface area (Å²) >= 11 is 1.84. The van der Waals surface area contributed by atoms with Crippen molar-refractivity contribution in [1.29, 1.82) is 10.7 Å². The summed E-state index contributed by atoms with van der Waals surface area (Å²) in [5.41, 5.74) is -1.02. The van der Waals surface area contributed by atoms with Gasteiger partial charge in [-0.25, -0.2) is 4.79 Å². The van der Waals surface area contributed by atoms with Crippen LogP contribution in [0.15, 0.2) is 9.78 Å². The van der Waals surface area contributed by atoms with Crippen LogP contribution in [0.1, 0.15) is 13.8 Å². The van der Waals surface area contributed by atoms with Gasteiger partial charge in [0.1, 0.15) is 17.3 Å². The lowest BCUT2D eigenvalue weighted by molar-refractivity contribution is -0.146. The lowest BCUT2D eigenvalue weighted by atomic mass is 10.1. The van der Waals surface area contributed by atoms with E-state index >= 15 is 0 Å². The predicted molar refractivity (Wildman–Crippen MR) is 64.7 cm³/mol. The first kappa shape index (κ1) is 13.9. The number of nitrogens with zero attached hydrogens (tertiary/aromatic N) is 1. The van der Waals surface area contributed by atoms with Crippen LogP contribution in [-0.4, -0.2) is 24.3 Å². The molecule has 0 spiro atoms. The molecule has 6 heteroatoms. The summed E-state index contributed by atoms with van der Waals surface area (Å²) in [4.78, 5) is 11.3. The van der Waals surface area contributed by atoms with Crippen LogP contribution in [0.2, 0.25) is 0 Å². The van der Waals surface area contributed by atoms with Crippen LogP contribution in [0.5, 0.6) is 0 Å². The average molecular weight is 321 g/mol. The van der Waals surface area contributed by atoms with E-state index in [9.17, 15) is 4.79 Å². The Hall–Kier alpha value is -1.10. The molecule has 0 aromatic carbocycles. The monoisotopic (exact) mass is 321 g/mol. The molecule has 0 heterocycles. The molecule has 0 aliphatic carbocycles. The van der Waals surface area contributed by atoms with Crippen LogP contribution in [-0.2, 0) is 9.53 Å². The Morgan fingerprint density at radius 3 is 2.60 bits per heavy atom. The number of allylic oxidation sites excluding steroid dienone is 1. The Kier molecular flexibility index (Phi) is 5.28. The van der Waals surface area contributed by atoms with E-state index in [0.29, 0.717) is 3.58 Å². The minimum atomic E-state index is -0.874. The molecule has 0 aliphatic heterocycles. The van der Waals surface area contributed by atoms with Crippen LogP contribution in [0, 0.1) is 16.7 Å². The second kappa shape index (κ2) is 5.70. The van der Waals surface area contributed by atoms with Crippen molar-refractivity contribution < 1.29 is 9.53 Å². The minimum Gasteiger partial charge on any atom is -0.467 e. The van der Waals surface area contributed by atoms with Gasteiger partial charge in [0.15, 0.2) is 0 Å². The van der Waals surface area contributed by atoms with E-state index in [1.807, 2.05) is 22.6 Å². The lowest BCUT2D eigenvalue weighted by Crippen LogP contribution is -2.44. The van der Waals surface area contributed by atoms with Crippen LogP contribution >= 0.6 is 22.6 Å². The maximum absolute atomic E-state index is 11.3. The van der Waals surface area contributed by atoms with Crippen molar-refractivity contribution in [3.05, 3.63) is 9.78 Å². The SMILES string of the molecule is COC(=O)C(C)(C)N/C=C(/I)C(=N)C#N. The summed E-state index contributed by atoms with van der Waals surface area (Å²) in [6.45, 7) is 3.30. The third-order valence-electron chi connectivity index (χ3n) is 1.61. The van der Waals surface area contributed by atoms with E-state index in [1.165, 1.54) is 13.3 Å². The molecule has 0 fully saturated rings. The van der Waals surface area contributed by atoms with Gasteiger partial charge in [-0.3, -0.25) is 5.41 Å². The Bertz CT molecular complexity index is 342. The number of carbonyl (C=O) groups excluding carboxylic acids is 1. The van der Waals surface area contributed by atoms with E-state index in [2.05, 4.69) is 10.1 Å². The number of nitriles is 1. The zero-order valence-corrected chi connectivity index (χ0v) is 10.9. The van der Waals surface area contributed by atoms with Crippen molar-refractivity contribution in [1.82, 2.24) is 5.32 Å². The average Bonchev–Trinajstić information content (AvgIpc) is 2.23. The topological polar surface area (TPSA) is 86.0 Å². The van der Waals surface area contributed by atoms with Gasteiger partial charge in [-0.1, -0.05) is 0 Å². The van der Waals surface area contributed by atoms with Gasteiger partial charge >= 0.3 is 5.97 Å². The van der Waals surface area contributed by atoms with Crippen molar-refractivity contribution in [3.8, 4) is 6.07 Å². The molecule has 0 aliphatic rings. The lowest BCUT2D eigenvalue weighted by Gasteiger charge is -2.21. The first-order valence-corrected chi connectivity index (χ1v) is 5.14. The highest BCUT2D eigenvalue weighted by Gasteiger charge is 2.27. The fourth-order valence-electron chi connectivity index (χ4n) is 0.683. The number of esters is 1. The Morgan fingerprint density at radius 1 is 1.67 bits per heavy atom. The molecule has 2 N–H and O–H groups in total. The molecule has 0 saturated carbocycles. The minimum absolute atomic E-state index is 0.149. The summed E-state index contributed by atoms with van der Waals surface area (Å²) in [6, 6.07) is 1.70. The molecule has 0 rings (SSSR count). The summed E-state index contributed by atoms with van der Waals surface area (Å²) in [5.74, 6) is -0.411. The van der Waals surface area contributed by atoms with E-state index in [1.54, 1.807) is 19.9 Å². The second-order valence-corrected chi connectivity index (χ2v) is 4.40. The quantitative estimate of drug-likeness (QED) is 0.465. The van der Waals surface area contributed by atoms with E-state index < -0.39 is 11.5 Å². The van der Waals surface area contributed by atoms with E-state index in [4.69, 9.17) is 10.7 Å².